The summed E-state index contributed by atoms with van der Waals surface area (Å²) in [5.41, 5.74) is 0.949. The first-order valence-corrected chi connectivity index (χ1v) is 13.3. The number of aromatic nitrogens is 1. The molecule has 1 aromatic heterocycles. The van der Waals surface area contributed by atoms with Gasteiger partial charge in [-0.3, -0.25) is 10.0 Å². The average molecular weight is 594 g/mol. The maximum absolute atomic E-state index is 13.0. The molecule has 0 saturated carbocycles. The number of halogens is 4. The largest absolute Gasteiger partial charge is 0.457 e. The predicted molar refractivity (Wildman–Crippen MR) is 151 cm³/mol. The second kappa shape index (κ2) is 15.1. The van der Waals surface area contributed by atoms with E-state index in [0.717, 1.165) is 56.6 Å². The average Bonchev–Trinajstić information content (AvgIpc) is 2.94. The summed E-state index contributed by atoms with van der Waals surface area (Å²) < 4.78 is 45.1. The van der Waals surface area contributed by atoms with E-state index in [-0.39, 0.29) is 11.6 Å². The van der Waals surface area contributed by atoms with Crippen LogP contribution in [-0.2, 0) is 11.0 Å². The van der Waals surface area contributed by atoms with Crippen LogP contribution >= 0.6 is 11.6 Å². The Morgan fingerprint density at radius 2 is 1.59 bits per heavy atom. The van der Waals surface area contributed by atoms with Gasteiger partial charge in [0, 0.05) is 43.7 Å². The number of carbonyl (C=O) groups excluding carboxylic acids is 2. The molecule has 2 aromatic carbocycles. The highest BCUT2D eigenvalue weighted by atomic mass is 35.5. The van der Waals surface area contributed by atoms with Crippen molar-refractivity contribution in [2.24, 2.45) is 0 Å². The number of hydrogen-bond donors (Lipinski definition) is 4. The molecule has 0 aliphatic heterocycles. The molecule has 0 aliphatic rings. The van der Waals surface area contributed by atoms with Crippen LogP contribution in [0.2, 0.25) is 5.02 Å². The quantitative estimate of drug-likeness (QED) is 0.0928. The number of benzene rings is 2. The predicted octanol–water partition coefficient (Wildman–Crippen LogP) is 7.47. The van der Waals surface area contributed by atoms with Crippen LogP contribution < -0.4 is 25.8 Å². The highest BCUT2D eigenvalue weighted by molar-refractivity contribution is 6.31. The Labute approximate surface area is 240 Å². The lowest BCUT2D eigenvalue weighted by atomic mass is 10.1. The topological polar surface area (TPSA) is 116 Å². The van der Waals surface area contributed by atoms with Crippen LogP contribution in [0.3, 0.4) is 0 Å². The van der Waals surface area contributed by atoms with E-state index in [2.05, 4.69) is 15.6 Å². The second-order valence-corrected chi connectivity index (χ2v) is 9.63. The monoisotopic (exact) mass is 593 g/mol. The van der Waals surface area contributed by atoms with Gasteiger partial charge in [-0.15, -0.1) is 0 Å². The number of unbranched alkanes of at least 4 members (excludes halogenated alkanes) is 4. The van der Waals surface area contributed by atoms with Gasteiger partial charge < -0.3 is 20.3 Å². The highest BCUT2D eigenvalue weighted by Crippen LogP contribution is 2.36. The minimum Gasteiger partial charge on any atom is -0.457 e. The van der Waals surface area contributed by atoms with Crippen LogP contribution in [0.25, 0.3) is 0 Å². The molecular formula is C28H31ClF3N5O4. The number of nitrogens with zero attached hydrogens (tertiary/aromatic N) is 2. The van der Waals surface area contributed by atoms with Crippen molar-refractivity contribution < 1.29 is 32.7 Å². The number of amides is 3. The van der Waals surface area contributed by atoms with Gasteiger partial charge in [0.2, 0.25) is 5.91 Å². The lowest BCUT2D eigenvalue weighted by Gasteiger charge is -2.18. The fourth-order valence-corrected chi connectivity index (χ4v) is 4.09. The third-order valence-corrected chi connectivity index (χ3v) is 6.34. The number of ether oxygens (including phenoxy) is 1. The van der Waals surface area contributed by atoms with Crippen LogP contribution in [0, 0.1) is 0 Å². The molecule has 0 bridgehead atoms. The van der Waals surface area contributed by atoms with E-state index in [9.17, 15) is 22.8 Å². The summed E-state index contributed by atoms with van der Waals surface area (Å²) >= 11 is 5.61. The Bertz CT molecular complexity index is 1310. The maximum atomic E-state index is 13.0. The summed E-state index contributed by atoms with van der Waals surface area (Å²) in [4.78, 5) is 29.7. The Morgan fingerprint density at radius 3 is 2.29 bits per heavy atom. The van der Waals surface area contributed by atoms with Gasteiger partial charge in [-0.05, 0) is 61.4 Å². The third kappa shape index (κ3) is 10.5. The zero-order valence-electron chi connectivity index (χ0n) is 22.3. The van der Waals surface area contributed by atoms with E-state index in [1.54, 1.807) is 42.0 Å². The van der Waals surface area contributed by atoms with Crippen molar-refractivity contribution in [3.8, 4) is 11.5 Å². The van der Waals surface area contributed by atoms with E-state index in [0.29, 0.717) is 23.6 Å². The number of carbonyl (C=O) groups is 2. The van der Waals surface area contributed by atoms with Crippen molar-refractivity contribution in [2.75, 3.05) is 29.1 Å². The SMILES string of the molecule is CN(CCCCCCCC(=O)NO)c1cc(Oc2ccc(NC(=O)Nc3ccc(Cl)c(C(F)(F)F)c3)cc2)ccn1. The van der Waals surface area contributed by atoms with Crippen molar-refractivity contribution in [1.82, 2.24) is 10.5 Å². The third-order valence-electron chi connectivity index (χ3n) is 6.01. The molecule has 0 unspecified atom stereocenters. The van der Waals surface area contributed by atoms with Crippen molar-refractivity contribution in [3.63, 3.8) is 0 Å². The van der Waals surface area contributed by atoms with E-state index in [1.165, 1.54) is 6.07 Å². The van der Waals surface area contributed by atoms with Gasteiger partial charge in [0.25, 0.3) is 0 Å². The van der Waals surface area contributed by atoms with Gasteiger partial charge >= 0.3 is 12.2 Å². The molecule has 0 spiro atoms. The molecule has 0 radical (unpaired) electrons. The van der Waals surface area contributed by atoms with Crippen molar-refractivity contribution in [2.45, 2.75) is 44.7 Å². The lowest BCUT2D eigenvalue weighted by molar-refractivity contribution is -0.137. The Hall–Kier alpha value is -4.03. The molecule has 1 heterocycles. The van der Waals surface area contributed by atoms with Gasteiger partial charge in [0.05, 0.1) is 10.6 Å². The minimum absolute atomic E-state index is 0.0534. The van der Waals surface area contributed by atoms with Gasteiger partial charge in [-0.2, -0.15) is 13.2 Å². The smallest absolute Gasteiger partial charge is 0.417 e. The van der Waals surface area contributed by atoms with Crippen molar-refractivity contribution in [3.05, 3.63) is 71.4 Å². The molecule has 0 fully saturated rings. The normalized spacial score (nSPS) is 11.1. The van der Waals surface area contributed by atoms with Crippen LogP contribution in [0.5, 0.6) is 11.5 Å². The number of hydroxylamine groups is 1. The molecule has 4 N–H and O–H groups in total. The fourth-order valence-electron chi connectivity index (χ4n) is 3.86. The van der Waals surface area contributed by atoms with E-state index < -0.39 is 22.8 Å². The summed E-state index contributed by atoms with van der Waals surface area (Å²) in [6.45, 7) is 0.795. The lowest BCUT2D eigenvalue weighted by Crippen LogP contribution is -2.20. The van der Waals surface area contributed by atoms with Gasteiger partial charge in [0.15, 0.2) is 0 Å². The Balaban J connectivity index is 1.46. The van der Waals surface area contributed by atoms with Crippen molar-refractivity contribution in [1.29, 1.82) is 0 Å². The molecule has 0 aliphatic carbocycles. The van der Waals surface area contributed by atoms with E-state index in [4.69, 9.17) is 21.5 Å². The number of hydrogen-bond acceptors (Lipinski definition) is 6. The zero-order chi connectivity index (χ0) is 29.8. The maximum Gasteiger partial charge on any atom is 0.417 e. The summed E-state index contributed by atoms with van der Waals surface area (Å²) in [5, 5.41) is 13.0. The zero-order valence-corrected chi connectivity index (χ0v) is 23.1. The number of rotatable bonds is 13. The summed E-state index contributed by atoms with van der Waals surface area (Å²) in [5.74, 6) is 1.47. The number of urea groups is 1. The number of pyridine rings is 1. The molecule has 3 aromatic rings. The fraction of sp³-hybridized carbons (Fsp3) is 0.321. The first-order valence-electron chi connectivity index (χ1n) is 12.9. The summed E-state index contributed by atoms with van der Waals surface area (Å²) in [6, 6.07) is 12.4. The molecule has 220 valence electrons. The second-order valence-electron chi connectivity index (χ2n) is 9.22. The molecule has 9 nitrogen and oxygen atoms in total. The van der Waals surface area contributed by atoms with Crippen LogP contribution in [-0.4, -0.2) is 35.7 Å². The minimum atomic E-state index is -4.64. The van der Waals surface area contributed by atoms with Gasteiger partial charge in [0.1, 0.15) is 17.3 Å². The van der Waals surface area contributed by atoms with Gasteiger partial charge in [-0.25, -0.2) is 15.3 Å². The molecule has 3 amide bonds. The standard InChI is InChI=1S/C28H31ClF3N5O4/c1-37(16-6-4-2-3-5-7-26(38)36-40)25-18-22(14-15-33-25)41-21-11-8-19(9-12-21)34-27(39)35-20-10-13-24(29)23(17-20)28(30,31)32/h8-15,17-18,40H,2-7,16H2,1H3,(H,36,38)(H2,34,35,39). The van der Waals surface area contributed by atoms with E-state index >= 15 is 0 Å². The molecule has 13 heteroatoms. The number of anilines is 3. The molecule has 41 heavy (non-hydrogen) atoms. The first kappa shape index (κ1) is 31.5. The molecule has 0 saturated heterocycles. The number of nitrogens with one attached hydrogen (secondary N) is 3. The highest BCUT2D eigenvalue weighted by Gasteiger charge is 2.33. The molecule has 0 atom stereocenters. The molecular weight excluding hydrogens is 563 g/mol. The van der Waals surface area contributed by atoms with E-state index in [1.807, 2.05) is 18.0 Å². The van der Waals surface area contributed by atoms with Gasteiger partial charge in [-0.1, -0.05) is 30.9 Å². The Morgan fingerprint density at radius 1 is 0.927 bits per heavy atom. The number of alkyl halides is 3. The van der Waals surface area contributed by atoms with Crippen LogP contribution in [0.15, 0.2) is 60.8 Å². The van der Waals surface area contributed by atoms with Crippen LogP contribution in [0.1, 0.15) is 44.1 Å². The first-order chi connectivity index (χ1) is 19.5. The molecule has 3 rings (SSSR count). The summed E-state index contributed by atoms with van der Waals surface area (Å²) in [7, 11) is 1.94. The Kier molecular flexibility index (Phi) is 11.6. The van der Waals surface area contributed by atoms with Crippen LogP contribution in [0.4, 0.5) is 35.2 Å². The van der Waals surface area contributed by atoms with Crippen molar-refractivity contribution >= 4 is 40.7 Å². The summed E-state index contributed by atoms with van der Waals surface area (Å²) in [6.07, 6.45) is 1.94.